The molecule has 0 fully saturated rings. The molecule has 0 radical (unpaired) electrons. The molecular formula is C16H11ClFNO. The third-order valence-electron chi connectivity index (χ3n) is 3.29. The van der Waals surface area contributed by atoms with Crippen molar-refractivity contribution in [2.45, 2.75) is 6.54 Å². The van der Waals surface area contributed by atoms with E-state index in [1.165, 1.54) is 12.1 Å². The fourth-order valence-corrected chi connectivity index (χ4v) is 2.54. The molecule has 0 aliphatic carbocycles. The van der Waals surface area contributed by atoms with Gasteiger partial charge in [0.1, 0.15) is 5.82 Å². The lowest BCUT2D eigenvalue weighted by atomic mass is 10.2. The molecule has 20 heavy (non-hydrogen) atoms. The lowest BCUT2D eigenvalue weighted by Gasteiger charge is -2.07. The number of hydrogen-bond donors (Lipinski definition) is 0. The van der Waals surface area contributed by atoms with E-state index in [-0.39, 0.29) is 5.82 Å². The van der Waals surface area contributed by atoms with Crippen molar-refractivity contribution in [3.8, 4) is 0 Å². The molecule has 3 aromatic rings. The van der Waals surface area contributed by atoms with Crippen molar-refractivity contribution in [2.75, 3.05) is 0 Å². The summed E-state index contributed by atoms with van der Waals surface area (Å²) in [4.78, 5) is 11.1. The maximum atomic E-state index is 13.8. The molecule has 100 valence electrons. The molecule has 4 heteroatoms. The molecule has 0 unspecified atom stereocenters. The molecule has 0 atom stereocenters. The Morgan fingerprint density at radius 2 is 2.00 bits per heavy atom. The average Bonchev–Trinajstić information content (AvgIpc) is 2.81. The van der Waals surface area contributed by atoms with Crippen LogP contribution in [0.3, 0.4) is 0 Å². The van der Waals surface area contributed by atoms with Gasteiger partial charge in [-0.25, -0.2) is 4.39 Å². The third-order valence-corrected chi connectivity index (χ3v) is 3.53. The normalized spacial score (nSPS) is 10.9. The van der Waals surface area contributed by atoms with Gasteiger partial charge in [0.2, 0.25) is 0 Å². The molecule has 0 saturated heterocycles. The lowest BCUT2D eigenvalue weighted by molar-refractivity contribution is 0.112. The SMILES string of the molecule is O=Cc1cn(Cc2cc(Cl)ccc2F)c2ccccc12. The van der Waals surface area contributed by atoms with Gasteiger partial charge in [-0.3, -0.25) is 4.79 Å². The first-order valence-electron chi connectivity index (χ1n) is 6.16. The van der Waals surface area contributed by atoms with Crippen LogP contribution in [0.1, 0.15) is 15.9 Å². The summed E-state index contributed by atoms with van der Waals surface area (Å²) in [6.07, 6.45) is 2.55. The second kappa shape index (κ2) is 5.10. The summed E-state index contributed by atoms with van der Waals surface area (Å²) in [7, 11) is 0. The number of fused-ring (bicyclic) bond motifs is 1. The van der Waals surface area contributed by atoms with Crippen LogP contribution in [0.4, 0.5) is 4.39 Å². The van der Waals surface area contributed by atoms with Crippen molar-refractivity contribution in [2.24, 2.45) is 0 Å². The van der Waals surface area contributed by atoms with Crippen LogP contribution in [0.25, 0.3) is 10.9 Å². The molecule has 0 amide bonds. The van der Waals surface area contributed by atoms with E-state index in [4.69, 9.17) is 11.6 Å². The van der Waals surface area contributed by atoms with Crippen LogP contribution < -0.4 is 0 Å². The molecule has 0 aliphatic rings. The van der Waals surface area contributed by atoms with Crippen molar-refractivity contribution >= 4 is 28.8 Å². The van der Waals surface area contributed by atoms with Crippen molar-refractivity contribution in [3.05, 3.63) is 70.6 Å². The highest BCUT2D eigenvalue weighted by Crippen LogP contribution is 2.23. The van der Waals surface area contributed by atoms with E-state index in [0.29, 0.717) is 22.7 Å². The summed E-state index contributed by atoms with van der Waals surface area (Å²) in [5.41, 5.74) is 1.99. The first kappa shape index (κ1) is 12.9. The highest BCUT2D eigenvalue weighted by molar-refractivity contribution is 6.30. The van der Waals surface area contributed by atoms with Gasteiger partial charge in [-0.15, -0.1) is 0 Å². The van der Waals surface area contributed by atoms with Crippen molar-refractivity contribution < 1.29 is 9.18 Å². The Morgan fingerprint density at radius 1 is 1.20 bits per heavy atom. The van der Waals surface area contributed by atoms with Gasteiger partial charge in [0.25, 0.3) is 0 Å². The molecule has 0 saturated carbocycles. The Bertz CT molecular complexity index is 794. The Labute approximate surface area is 120 Å². The van der Waals surface area contributed by atoms with Crippen molar-refractivity contribution in [1.29, 1.82) is 0 Å². The highest BCUT2D eigenvalue weighted by Gasteiger charge is 2.10. The number of carbonyl (C=O) groups is 1. The van der Waals surface area contributed by atoms with Gasteiger partial charge in [0, 0.05) is 33.2 Å². The minimum atomic E-state index is -0.306. The number of para-hydroxylation sites is 1. The maximum Gasteiger partial charge on any atom is 0.152 e. The second-order valence-corrected chi connectivity index (χ2v) is 5.02. The van der Waals surface area contributed by atoms with Gasteiger partial charge in [-0.2, -0.15) is 0 Å². The summed E-state index contributed by atoms with van der Waals surface area (Å²) in [6.45, 7) is 0.334. The Kier molecular flexibility index (Phi) is 3.28. The molecule has 0 spiro atoms. The molecule has 0 N–H and O–H groups in total. The van der Waals surface area contributed by atoms with Gasteiger partial charge in [0.05, 0.1) is 6.54 Å². The van der Waals surface area contributed by atoms with Gasteiger partial charge in [-0.05, 0) is 24.3 Å². The first-order valence-corrected chi connectivity index (χ1v) is 6.54. The molecule has 0 aliphatic heterocycles. The monoisotopic (exact) mass is 287 g/mol. The maximum absolute atomic E-state index is 13.8. The van der Waals surface area contributed by atoms with E-state index >= 15 is 0 Å². The third kappa shape index (κ3) is 2.21. The molecule has 1 heterocycles. The standard InChI is InChI=1S/C16H11ClFNO/c17-13-5-6-15(18)11(7-13)8-19-9-12(10-20)14-3-1-2-4-16(14)19/h1-7,9-10H,8H2. The fraction of sp³-hybridized carbons (Fsp3) is 0.0625. The number of hydrogen-bond acceptors (Lipinski definition) is 1. The van der Waals surface area contributed by atoms with Crippen molar-refractivity contribution in [1.82, 2.24) is 4.57 Å². The van der Waals surface area contributed by atoms with Gasteiger partial charge >= 0.3 is 0 Å². The van der Waals surface area contributed by atoms with E-state index in [9.17, 15) is 9.18 Å². The zero-order valence-electron chi connectivity index (χ0n) is 10.5. The number of aromatic nitrogens is 1. The average molecular weight is 288 g/mol. The number of aldehydes is 1. The Balaban J connectivity index is 2.11. The molecule has 2 nitrogen and oxygen atoms in total. The highest BCUT2D eigenvalue weighted by atomic mass is 35.5. The van der Waals surface area contributed by atoms with E-state index in [0.717, 1.165) is 17.2 Å². The van der Waals surface area contributed by atoms with E-state index in [2.05, 4.69) is 0 Å². The van der Waals surface area contributed by atoms with Crippen LogP contribution in [-0.4, -0.2) is 10.9 Å². The first-order chi connectivity index (χ1) is 9.69. The number of halogens is 2. The summed E-state index contributed by atoms with van der Waals surface area (Å²) in [5, 5.41) is 1.36. The Morgan fingerprint density at radius 3 is 2.80 bits per heavy atom. The summed E-state index contributed by atoms with van der Waals surface area (Å²) in [6, 6.07) is 12.0. The summed E-state index contributed by atoms with van der Waals surface area (Å²) in [5.74, 6) is -0.306. The van der Waals surface area contributed by atoms with Crippen LogP contribution in [0.5, 0.6) is 0 Å². The van der Waals surface area contributed by atoms with Gasteiger partial charge in [-0.1, -0.05) is 29.8 Å². The number of rotatable bonds is 3. The predicted octanol–water partition coefficient (Wildman–Crippen LogP) is 4.29. The van der Waals surface area contributed by atoms with E-state index in [1.807, 2.05) is 28.8 Å². The van der Waals surface area contributed by atoms with Crippen molar-refractivity contribution in [3.63, 3.8) is 0 Å². The van der Waals surface area contributed by atoms with Crippen LogP contribution in [0.2, 0.25) is 5.02 Å². The molecule has 0 bridgehead atoms. The van der Waals surface area contributed by atoms with Crippen LogP contribution in [-0.2, 0) is 6.54 Å². The predicted molar refractivity (Wildman–Crippen MR) is 77.8 cm³/mol. The molecular weight excluding hydrogens is 277 g/mol. The van der Waals surface area contributed by atoms with Crippen LogP contribution >= 0.6 is 11.6 Å². The van der Waals surface area contributed by atoms with Gasteiger partial charge < -0.3 is 4.57 Å². The molecule has 2 aromatic carbocycles. The smallest absolute Gasteiger partial charge is 0.152 e. The number of benzene rings is 2. The topological polar surface area (TPSA) is 22.0 Å². The fourth-order valence-electron chi connectivity index (χ4n) is 2.35. The minimum Gasteiger partial charge on any atom is -0.342 e. The summed E-state index contributed by atoms with van der Waals surface area (Å²) >= 11 is 5.90. The van der Waals surface area contributed by atoms with Crippen LogP contribution in [0, 0.1) is 5.82 Å². The minimum absolute atomic E-state index is 0.306. The zero-order chi connectivity index (χ0) is 14.1. The molecule has 1 aromatic heterocycles. The second-order valence-electron chi connectivity index (χ2n) is 4.58. The van der Waals surface area contributed by atoms with E-state index < -0.39 is 0 Å². The quantitative estimate of drug-likeness (QED) is 0.659. The lowest BCUT2D eigenvalue weighted by Crippen LogP contribution is -2.00. The number of nitrogens with zero attached hydrogens (tertiary/aromatic N) is 1. The number of carbonyl (C=O) groups excluding carboxylic acids is 1. The van der Waals surface area contributed by atoms with E-state index in [1.54, 1.807) is 12.3 Å². The van der Waals surface area contributed by atoms with Gasteiger partial charge in [0.15, 0.2) is 6.29 Å². The largest absolute Gasteiger partial charge is 0.342 e. The summed E-state index contributed by atoms with van der Waals surface area (Å²) < 4.78 is 15.7. The van der Waals surface area contributed by atoms with Crippen LogP contribution in [0.15, 0.2) is 48.7 Å². The molecule has 3 rings (SSSR count). The Hall–Kier alpha value is -2.13. The zero-order valence-corrected chi connectivity index (χ0v) is 11.3.